The molecule has 0 saturated carbocycles. The Morgan fingerprint density at radius 3 is 1.45 bits per heavy atom. The molecule has 0 nitrogen and oxygen atoms in total. The van der Waals surface area contributed by atoms with Gasteiger partial charge in [-0.3, -0.25) is 0 Å². The topological polar surface area (TPSA) is 0 Å². The highest BCUT2D eigenvalue weighted by Crippen LogP contribution is 2.52. The second-order valence-electron chi connectivity index (χ2n) is 6.86. The van der Waals surface area contributed by atoms with Crippen LogP contribution in [0.5, 0.6) is 0 Å². The molecule has 0 rings (SSSR count). The van der Waals surface area contributed by atoms with Crippen molar-refractivity contribution in [1.82, 2.24) is 0 Å². The average Bonchev–Trinajstić information content (AvgIpc) is 2.45. The van der Waals surface area contributed by atoms with Gasteiger partial charge in [0.1, 0.15) is 0 Å². The summed E-state index contributed by atoms with van der Waals surface area (Å²) in [4.78, 5) is 0. The van der Waals surface area contributed by atoms with Crippen molar-refractivity contribution in [2.75, 3.05) is 0 Å². The van der Waals surface area contributed by atoms with E-state index in [1.807, 2.05) is 0 Å². The maximum absolute atomic E-state index is 3.30. The summed E-state index contributed by atoms with van der Waals surface area (Å²) in [7, 11) is 0. The molecule has 0 spiro atoms. The number of hydrogen-bond donors (Lipinski definition) is 0. The van der Waals surface area contributed by atoms with Crippen molar-refractivity contribution in [2.24, 2.45) is 16.2 Å². The monoisotopic (exact) mass is 290 g/mol. The van der Waals surface area contributed by atoms with Gasteiger partial charge in [0, 0.05) is 5.41 Å². The molecule has 0 unspecified atom stereocenters. The Labute approximate surface area is 137 Å². The van der Waals surface area contributed by atoms with Gasteiger partial charge in [0.2, 0.25) is 0 Å². The van der Waals surface area contributed by atoms with Gasteiger partial charge in [0.05, 0.1) is 0 Å². The van der Waals surface area contributed by atoms with Crippen LogP contribution in [0.15, 0.2) is 0 Å². The van der Waals surface area contributed by atoms with Crippen molar-refractivity contribution in [3.63, 3.8) is 0 Å². The summed E-state index contributed by atoms with van der Waals surface area (Å²) in [5.74, 6) is 27.5. The molecule has 0 aromatic heterocycles. The molecule has 0 radical (unpaired) electrons. The lowest BCUT2D eigenvalue weighted by Gasteiger charge is -2.49. The standard InChI is InChI=1S/C22H26/c1-9-11-12-13-14-15-16-17-18-19-21(5,6)22(7,8)20(3,4)10-2/h10H2,1-8H3. The molecule has 0 aliphatic heterocycles. The molecule has 0 amide bonds. The molecule has 0 bridgehead atoms. The van der Waals surface area contributed by atoms with Crippen molar-refractivity contribution in [3.05, 3.63) is 0 Å². The quantitative estimate of drug-likeness (QED) is 0.671. The Morgan fingerprint density at radius 1 is 0.636 bits per heavy atom. The Morgan fingerprint density at radius 2 is 1.05 bits per heavy atom. The van der Waals surface area contributed by atoms with E-state index in [0.717, 1.165) is 6.42 Å². The van der Waals surface area contributed by atoms with Gasteiger partial charge in [-0.15, -0.1) is 0 Å². The zero-order chi connectivity index (χ0) is 17.3. The van der Waals surface area contributed by atoms with Crippen LogP contribution in [-0.2, 0) is 0 Å². The molecule has 0 heterocycles. The Kier molecular flexibility index (Phi) is 7.46. The predicted octanol–water partition coefficient (Wildman–Crippen LogP) is 4.51. The molecule has 0 fully saturated rings. The van der Waals surface area contributed by atoms with Crippen LogP contribution in [0, 0.1) is 75.4 Å². The smallest absolute Gasteiger partial charge is 0.0324 e. The van der Waals surface area contributed by atoms with E-state index in [0.29, 0.717) is 0 Å². The third-order valence-corrected chi connectivity index (χ3v) is 5.08. The zero-order valence-corrected chi connectivity index (χ0v) is 15.2. The van der Waals surface area contributed by atoms with Gasteiger partial charge in [0.25, 0.3) is 0 Å². The van der Waals surface area contributed by atoms with Gasteiger partial charge in [-0.2, -0.15) is 0 Å². The van der Waals surface area contributed by atoms with E-state index < -0.39 is 0 Å². The summed E-state index contributed by atoms with van der Waals surface area (Å²) in [6.07, 6.45) is 1.11. The Bertz CT molecular complexity index is 685. The van der Waals surface area contributed by atoms with E-state index in [4.69, 9.17) is 0 Å². The van der Waals surface area contributed by atoms with Crippen LogP contribution < -0.4 is 0 Å². The minimum absolute atomic E-state index is 0.0689. The number of rotatable bonds is 3. The van der Waals surface area contributed by atoms with Gasteiger partial charge in [-0.1, -0.05) is 52.9 Å². The maximum Gasteiger partial charge on any atom is 0.0324 e. The van der Waals surface area contributed by atoms with E-state index in [-0.39, 0.29) is 16.2 Å². The number of hydrogen-bond acceptors (Lipinski definition) is 0. The van der Waals surface area contributed by atoms with Crippen molar-refractivity contribution in [3.8, 4) is 59.2 Å². The molecule has 0 aliphatic rings. The molecule has 0 heteroatoms. The van der Waals surface area contributed by atoms with E-state index >= 15 is 0 Å². The second-order valence-corrected chi connectivity index (χ2v) is 6.86. The van der Waals surface area contributed by atoms with Crippen LogP contribution in [0.3, 0.4) is 0 Å². The van der Waals surface area contributed by atoms with E-state index in [9.17, 15) is 0 Å². The highest BCUT2D eigenvalue weighted by molar-refractivity contribution is 5.42. The molecule has 0 atom stereocenters. The lowest BCUT2D eigenvalue weighted by Crippen LogP contribution is -2.43. The first kappa shape index (κ1) is 19.8. The van der Waals surface area contributed by atoms with Crippen LogP contribution in [0.1, 0.15) is 61.8 Å². The summed E-state index contributed by atoms with van der Waals surface area (Å²) in [6, 6.07) is 0. The van der Waals surface area contributed by atoms with Gasteiger partial charge >= 0.3 is 0 Å². The van der Waals surface area contributed by atoms with Crippen LogP contribution in [-0.4, -0.2) is 0 Å². The lowest BCUT2D eigenvalue weighted by atomic mass is 9.54. The van der Waals surface area contributed by atoms with Gasteiger partial charge in [-0.25, -0.2) is 0 Å². The normalized spacial score (nSPS) is 10.0. The maximum atomic E-state index is 3.30. The van der Waals surface area contributed by atoms with Crippen LogP contribution in [0.2, 0.25) is 0 Å². The van der Waals surface area contributed by atoms with E-state index in [2.05, 4.69) is 108 Å². The summed E-state index contributed by atoms with van der Waals surface area (Å²) in [6.45, 7) is 17.5. The fourth-order valence-corrected chi connectivity index (χ4v) is 1.88. The first-order valence-electron chi connectivity index (χ1n) is 7.56. The second kappa shape index (κ2) is 8.29. The molecule has 0 saturated heterocycles. The van der Waals surface area contributed by atoms with Gasteiger partial charge in [0.15, 0.2) is 0 Å². The first-order valence-corrected chi connectivity index (χ1v) is 7.56. The van der Waals surface area contributed by atoms with E-state index in [1.165, 1.54) is 0 Å². The van der Waals surface area contributed by atoms with Crippen molar-refractivity contribution < 1.29 is 0 Å². The zero-order valence-electron chi connectivity index (χ0n) is 15.2. The SMILES string of the molecule is CC#CC#CC#CC#CC#CC(C)(C)C(C)(C)C(C)(C)CC. The molecule has 114 valence electrons. The lowest BCUT2D eigenvalue weighted by molar-refractivity contribution is 0.0141. The van der Waals surface area contributed by atoms with Gasteiger partial charge in [-0.05, 0) is 79.0 Å². The highest BCUT2D eigenvalue weighted by Gasteiger charge is 2.46. The van der Waals surface area contributed by atoms with Crippen molar-refractivity contribution in [1.29, 1.82) is 0 Å². The highest BCUT2D eigenvalue weighted by atomic mass is 14.5. The van der Waals surface area contributed by atoms with Gasteiger partial charge < -0.3 is 0 Å². The summed E-state index contributed by atoms with van der Waals surface area (Å²) >= 11 is 0. The average molecular weight is 290 g/mol. The first-order chi connectivity index (χ1) is 10.1. The van der Waals surface area contributed by atoms with Crippen molar-refractivity contribution in [2.45, 2.75) is 61.8 Å². The summed E-state index contributed by atoms with van der Waals surface area (Å²) < 4.78 is 0. The minimum atomic E-state index is -0.134. The third-order valence-electron chi connectivity index (χ3n) is 5.08. The molecule has 0 aliphatic carbocycles. The van der Waals surface area contributed by atoms with Crippen molar-refractivity contribution >= 4 is 0 Å². The molecular weight excluding hydrogens is 264 g/mol. The Hall–Kier alpha value is -2.20. The summed E-state index contributed by atoms with van der Waals surface area (Å²) in [5.41, 5.74) is 0.138. The molecular formula is C22H26. The predicted molar refractivity (Wildman–Crippen MR) is 96.2 cm³/mol. The van der Waals surface area contributed by atoms with E-state index in [1.54, 1.807) is 6.92 Å². The summed E-state index contributed by atoms with van der Waals surface area (Å²) in [5, 5.41) is 0. The molecule has 0 N–H and O–H groups in total. The molecule has 0 aromatic rings. The van der Waals surface area contributed by atoms with Crippen LogP contribution >= 0.6 is 0 Å². The fraction of sp³-hybridized carbons (Fsp3) is 0.545. The van der Waals surface area contributed by atoms with Crippen LogP contribution in [0.25, 0.3) is 0 Å². The fourth-order valence-electron chi connectivity index (χ4n) is 1.88. The largest absolute Gasteiger partial charge is 0.0925 e. The Balaban J connectivity index is 5.12. The minimum Gasteiger partial charge on any atom is -0.0925 e. The van der Waals surface area contributed by atoms with Crippen LogP contribution in [0.4, 0.5) is 0 Å². The molecule has 22 heavy (non-hydrogen) atoms. The third kappa shape index (κ3) is 5.30. The molecule has 0 aromatic carbocycles.